The molecule has 4 heteroatoms. The summed E-state index contributed by atoms with van der Waals surface area (Å²) >= 11 is 9.55. The molecule has 1 aliphatic rings. The van der Waals surface area contributed by atoms with Crippen LogP contribution in [0.25, 0.3) is 0 Å². The number of hydrogen-bond donors (Lipinski definition) is 0. The molecule has 0 saturated heterocycles. The second kappa shape index (κ2) is 5.51. The Bertz CT molecular complexity index is 600. The van der Waals surface area contributed by atoms with Crippen molar-refractivity contribution in [2.75, 3.05) is 11.4 Å². The summed E-state index contributed by atoms with van der Waals surface area (Å²) in [4.78, 5) is 6.77. The van der Waals surface area contributed by atoms with Crippen LogP contribution in [0.3, 0.4) is 0 Å². The van der Waals surface area contributed by atoms with Crippen LogP contribution < -0.4 is 4.90 Å². The lowest BCUT2D eigenvalue weighted by atomic mass is 10.1. The van der Waals surface area contributed by atoms with Crippen molar-refractivity contribution < 1.29 is 0 Å². The maximum Gasteiger partial charge on any atom is 0.147 e. The number of para-hydroxylation sites is 1. The number of pyridine rings is 1. The second-order valence-electron chi connectivity index (χ2n) is 4.70. The van der Waals surface area contributed by atoms with Gasteiger partial charge in [-0.25, -0.2) is 4.98 Å². The van der Waals surface area contributed by atoms with E-state index in [0.717, 1.165) is 23.3 Å². The van der Waals surface area contributed by atoms with Crippen LogP contribution in [0.5, 0.6) is 0 Å². The average molecular weight is 338 g/mol. The Hall–Kier alpha value is -1.06. The van der Waals surface area contributed by atoms with Crippen LogP contribution in [0.4, 0.5) is 11.5 Å². The summed E-state index contributed by atoms with van der Waals surface area (Å²) in [6.45, 7) is 0.990. The van der Waals surface area contributed by atoms with Crippen molar-refractivity contribution in [3.8, 4) is 0 Å². The zero-order valence-electron chi connectivity index (χ0n) is 10.4. The number of nitrogens with zero attached hydrogens (tertiary/aromatic N) is 2. The molecular weight excluding hydrogens is 324 g/mol. The van der Waals surface area contributed by atoms with E-state index in [4.69, 9.17) is 11.6 Å². The van der Waals surface area contributed by atoms with E-state index in [9.17, 15) is 0 Å². The molecule has 0 amide bonds. The van der Waals surface area contributed by atoms with Gasteiger partial charge in [0.15, 0.2) is 0 Å². The van der Waals surface area contributed by atoms with Gasteiger partial charge in [-0.15, -0.1) is 0 Å². The van der Waals surface area contributed by atoms with Crippen LogP contribution in [0.1, 0.15) is 18.4 Å². The van der Waals surface area contributed by atoms with E-state index in [2.05, 4.69) is 50.1 Å². The van der Waals surface area contributed by atoms with E-state index < -0.39 is 0 Å². The van der Waals surface area contributed by atoms with Gasteiger partial charge in [0.1, 0.15) is 5.82 Å². The number of benzene rings is 1. The lowest BCUT2D eigenvalue weighted by molar-refractivity contribution is 0.757. The Morgan fingerprint density at radius 1 is 1.21 bits per heavy atom. The number of aryl methyl sites for hydroxylation is 1. The molecule has 0 unspecified atom stereocenters. The molecule has 0 fully saturated rings. The molecular formula is C15H14BrClN2. The first-order valence-electron chi connectivity index (χ1n) is 6.42. The molecule has 1 aromatic heterocycles. The molecule has 0 radical (unpaired) electrons. The normalized spacial score (nSPS) is 14.9. The van der Waals surface area contributed by atoms with Crippen molar-refractivity contribution in [2.45, 2.75) is 19.3 Å². The molecule has 2 aromatic rings. The molecule has 3 rings (SSSR count). The van der Waals surface area contributed by atoms with Crippen LogP contribution in [-0.2, 0) is 6.42 Å². The number of aromatic nitrogens is 1. The van der Waals surface area contributed by atoms with Gasteiger partial charge in [-0.2, -0.15) is 0 Å². The minimum atomic E-state index is 0.652. The van der Waals surface area contributed by atoms with Gasteiger partial charge in [-0.05, 0) is 52.9 Å². The highest BCUT2D eigenvalue weighted by atomic mass is 79.9. The number of fused-ring (bicyclic) bond motifs is 1. The van der Waals surface area contributed by atoms with Gasteiger partial charge in [0.25, 0.3) is 0 Å². The zero-order chi connectivity index (χ0) is 13.2. The topological polar surface area (TPSA) is 16.1 Å². The third kappa shape index (κ3) is 2.63. The third-order valence-electron chi connectivity index (χ3n) is 3.40. The van der Waals surface area contributed by atoms with Gasteiger partial charge >= 0.3 is 0 Å². The minimum Gasteiger partial charge on any atom is -0.325 e. The Morgan fingerprint density at radius 3 is 2.89 bits per heavy atom. The second-order valence-corrected chi connectivity index (χ2v) is 5.99. The molecule has 19 heavy (non-hydrogen) atoms. The molecule has 1 aromatic carbocycles. The summed E-state index contributed by atoms with van der Waals surface area (Å²) in [6.07, 6.45) is 5.23. The highest BCUT2D eigenvalue weighted by Gasteiger charge is 2.19. The highest BCUT2D eigenvalue weighted by Crippen LogP contribution is 2.35. The minimum absolute atomic E-state index is 0.652. The predicted molar refractivity (Wildman–Crippen MR) is 83.3 cm³/mol. The van der Waals surface area contributed by atoms with E-state index in [1.54, 1.807) is 6.20 Å². The zero-order valence-corrected chi connectivity index (χ0v) is 12.8. The number of halogens is 2. The Morgan fingerprint density at radius 2 is 2.05 bits per heavy atom. The van der Waals surface area contributed by atoms with Gasteiger partial charge in [0.05, 0.1) is 9.50 Å². The molecule has 0 bridgehead atoms. The molecule has 2 heterocycles. The molecule has 0 aliphatic carbocycles. The smallest absolute Gasteiger partial charge is 0.147 e. The Kier molecular flexibility index (Phi) is 3.76. The SMILES string of the molecule is Clc1cnc(N2CCCCc3ccccc32)c(Br)c1. The molecule has 1 aliphatic heterocycles. The summed E-state index contributed by atoms with van der Waals surface area (Å²) in [5.74, 6) is 0.943. The standard InChI is InChI=1S/C15H14BrClN2/c16-13-9-12(17)10-18-15(13)19-8-4-3-6-11-5-1-2-7-14(11)19/h1-2,5,7,9-10H,3-4,6,8H2. The van der Waals surface area contributed by atoms with E-state index in [0.29, 0.717) is 5.02 Å². The van der Waals surface area contributed by atoms with Crippen LogP contribution in [-0.4, -0.2) is 11.5 Å². The van der Waals surface area contributed by atoms with E-state index in [1.165, 1.54) is 24.1 Å². The van der Waals surface area contributed by atoms with E-state index >= 15 is 0 Å². The maximum absolute atomic E-state index is 5.98. The molecule has 0 saturated carbocycles. The van der Waals surface area contributed by atoms with Crippen molar-refractivity contribution in [2.24, 2.45) is 0 Å². The molecule has 0 spiro atoms. The summed E-state index contributed by atoms with van der Waals surface area (Å²) in [5.41, 5.74) is 2.65. The quantitative estimate of drug-likeness (QED) is 0.730. The number of hydrogen-bond acceptors (Lipinski definition) is 2. The van der Waals surface area contributed by atoms with Crippen LogP contribution >= 0.6 is 27.5 Å². The fourth-order valence-electron chi connectivity index (χ4n) is 2.52. The molecule has 2 nitrogen and oxygen atoms in total. The van der Waals surface area contributed by atoms with Crippen molar-refractivity contribution in [1.29, 1.82) is 0 Å². The van der Waals surface area contributed by atoms with Crippen LogP contribution in [0.15, 0.2) is 41.0 Å². The largest absolute Gasteiger partial charge is 0.325 e. The molecule has 98 valence electrons. The lowest BCUT2D eigenvalue weighted by Crippen LogP contribution is -2.19. The predicted octanol–water partition coefficient (Wildman–Crippen LogP) is 4.97. The first kappa shape index (κ1) is 12.9. The summed E-state index contributed by atoms with van der Waals surface area (Å²) in [6, 6.07) is 10.5. The maximum atomic E-state index is 5.98. The van der Waals surface area contributed by atoms with Crippen molar-refractivity contribution in [3.63, 3.8) is 0 Å². The number of anilines is 2. The van der Waals surface area contributed by atoms with Gasteiger partial charge in [-0.3, -0.25) is 0 Å². The van der Waals surface area contributed by atoms with Gasteiger partial charge in [-0.1, -0.05) is 29.8 Å². The van der Waals surface area contributed by atoms with E-state index in [-0.39, 0.29) is 0 Å². The first-order valence-corrected chi connectivity index (χ1v) is 7.59. The highest BCUT2D eigenvalue weighted by molar-refractivity contribution is 9.10. The summed E-state index contributed by atoms with van der Waals surface area (Å²) in [7, 11) is 0. The van der Waals surface area contributed by atoms with Crippen molar-refractivity contribution in [3.05, 3.63) is 51.6 Å². The lowest BCUT2D eigenvalue weighted by Gasteiger charge is -2.25. The van der Waals surface area contributed by atoms with Gasteiger partial charge in [0, 0.05) is 18.4 Å². The third-order valence-corrected chi connectivity index (χ3v) is 4.19. The molecule has 0 atom stereocenters. The first-order chi connectivity index (χ1) is 9.25. The van der Waals surface area contributed by atoms with Crippen LogP contribution in [0.2, 0.25) is 5.02 Å². The summed E-state index contributed by atoms with van der Waals surface area (Å²) < 4.78 is 0.941. The molecule has 0 N–H and O–H groups in total. The van der Waals surface area contributed by atoms with Gasteiger partial charge in [0.2, 0.25) is 0 Å². The van der Waals surface area contributed by atoms with Crippen LogP contribution in [0, 0.1) is 0 Å². The van der Waals surface area contributed by atoms with Gasteiger partial charge < -0.3 is 4.90 Å². The Balaban J connectivity index is 2.09. The average Bonchev–Trinajstić information content (AvgIpc) is 2.61. The van der Waals surface area contributed by atoms with E-state index in [1.807, 2.05) is 6.07 Å². The number of rotatable bonds is 1. The summed E-state index contributed by atoms with van der Waals surface area (Å²) in [5, 5.41) is 0.652. The monoisotopic (exact) mass is 336 g/mol. The Labute approximate surface area is 126 Å². The fraction of sp³-hybridized carbons (Fsp3) is 0.267. The fourth-order valence-corrected chi connectivity index (χ4v) is 3.37. The van der Waals surface area contributed by atoms with Crippen molar-refractivity contribution in [1.82, 2.24) is 4.98 Å². The van der Waals surface area contributed by atoms with Crippen molar-refractivity contribution >= 4 is 39.0 Å².